The molecule has 0 radical (unpaired) electrons. The highest BCUT2D eigenvalue weighted by molar-refractivity contribution is 5.94. The van der Waals surface area contributed by atoms with E-state index in [9.17, 15) is 0 Å². The summed E-state index contributed by atoms with van der Waals surface area (Å²) in [5.74, 6) is 1.08. The molecule has 4 aromatic heterocycles. The van der Waals surface area contributed by atoms with Crippen LogP contribution in [0.25, 0.3) is 33.2 Å². The fraction of sp³-hybridized carbons (Fsp3) is 0.190. The number of aromatic nitrogens is 7. The van der Waals surface area contributed by atoms with Gasteiger partial charge in [0.1, 0.15) is 34.6 Å². The first kappa shape index (κ1) is 18.0. The van der Waals surface area contributed by atoms with Crippen molar-refractivity contribution in [2.45, 2.75) is 20.0 Å². The number of hydrogen-bond acceptors (Lipinski definition) is 7. The van der Waals surface area contributed by atoms with Gasteiger partial charge in [0, 0.05) is 42.7 Å². The molecule has 3 N–H and O–H groups in total. The summed E-state index contributed by atoms with van der Waals surface area (Å²) in [4.78, 5) is 13.2. The van der Waals surface area contributed by atoms with Crippen molar-refractivity contribution in [2.24, 2.45) is 7.05 Å². The van der Waals surface area contributed by atoms with E-state index in [1.54, 1.807) is 23.1 Å². The first-order chi connectivity index (χ1) is 14.5. The van der Waals surface area contributed by atoms with Crippen LogP contribution < -0.4 is 10.5 Å². The van der Waals surface area contributed by atoms with Gasteiger partial charge in [0.15, 0.2) is 0 Å². The molecule has 9 nitrogen and oxygen atoms in total. The molecule has 0 spiro atoms. The molecule has 0 amide bonds. The molecule has 1 aromatic carbocycles. The van der Waals surface area contributed by atoms with Gasteiger partial charge < -0.3 is 10.5 Å². The van der Waals surface area contributed by atoms with Crippen LogP contribution in [0.2, 0.25) is 0 Å². The Kier molecular flexibility index (Phi) is 4.09. The Morgan fingerprint density at radius 2 is 2.00 bits per heavy atom. The molecule has 0 aliphatic carbocycles. The summed E-state index contributed by atoms with van der Waals surface area (Å²) in [6, 6.07) is 7.53. The van der Waals surface area contributed by atoms with Gasteiger partial charge in [-0.2, -0.15) is 10.2 Å². The van der Waals surface area contributed by atoms with Gasteiger partial charge in [-0.05, 0) is 32.0 Å². The fourth-order valence-electron chi connectivity index (χ4n) is 3.66. The predicted octanol–water partition coefficient (Wildman–Crippen LogP) is 3.33. The summed E-state index contributed by atoms with van der Waals surface area (Å²) >= 11 is 0. The molecule has 5 rings (SSSR count). The number of nitrogens with zero attached hydrogens (tertiary/aromatic N) is 6. The maximum Gasteiger partial charge on any atom is 0.140 e. The largest absolute Gasteiger partial charge is 0.484 e. The molecule has 30 heavy (non-hydrogen) atoms. The van der Waals surface area contributed by atoms with Crippen LogP contribution in [0.5, 0.6) is 5.75 Å². The molecule has 1 atom stereocenters. The van der Waals surface area contributed by atoms with E-state index >= 15 is 0 Å². The van der Waals surface area contributed by atoms with E-state index in [2.05, 4.69) is 30.2 Å². The Bertz CT molecular complexity index is 1390. The SMILES string of the molecule is Cc1nn(C)cc1-c1n[nH]c2ccc(OC(C)c3nc(N)cc4nccnc34)cc12. The van der Waals surface area contributed by atoms with Gasteiger partial charge in [0.25, 0.3) is 0 Å². The third-order valence-corrected chi connectivity index (χ3v) is 5.00. The first-order valence-electron chi connectivity index (χ1n) is 9.52. The van der Waals surface area contributed by atoms with E-state index in [0.29, 0.717) is 28.3 Å². The second-order valence-corrected chi connectivity index (χ2v) is 7.20. The Hall–Kier alpha value is -4.01. The van der Waals surface area contributed by atoms with Crippen molar-refractivity contribution in [2.75, 3.05) is 5.73 Å². The number of rotatable bonds is 4. The molecule has 0 bridgehead atoms. The van der Waals surface area contributed by atoms with E-state index in [1.165, 1.54) is 0 Å². The molecule has 0 saturated heterocycles. The molecule has 5 aromatic rings. The van der Waals surface area contributed by atoms with Crippen molar-refractivity contribution in [1.82, 2.24) is 34.9 Å². The van der Waals surface area contributed by atoms with Gasteiger partial charge >= 0.3 is 0 Å². The summed E-state index contributed by atoms with van der Waals surface area (Å²) in [7, 11) is 1.90. The van der Waals surface area contributed by atoms with Gasteiger partial charge in [-0.1, -0.05) is 0 Å². The maximum atomic E-state index is 6.22. The third-order valence-electron chi connectivity index (χ3n) is 5.00. The Morgan fingerprint density at radius 1 is 1.17 bits per heavy atom. The van der Waals surface area contributed by atoms with Crippen molar-refractivity contribution in [3.8, 4) is 17.0 Å². The number of nitrogen functional groups attached to an aromatic ring is 1. The second kappa shape index (κ2) is 6.80. The zero-order valence-corrected chi connectivity index (χ0v) is 16.8. The molecule has 1 unspecified atom stereocenters. The number of H-pyrrole nitrogens is 1. The standard InChI is InChI=1S/C21H20N8O/c1-11-15(10-29(3)28-11)20-14-8-13(4-5-16(14)26-27-20)30-12(2)19-21-17(9-18(22)25-19)23-6-7-24-21/h4-10,12H,1-3H3,(H2,22,25)(H,26,27). The van der Waals surface area contributed by atoms with Crippen LogP contribution in [0.3, 0.4) is 0 Å². The number of ether oxygens (including phenoxy) is 1. The number of pyridine rings is 1. The van der Waals surface area contributed by atoms with Crippen molar-refractivity contribution in [1.29, 1.82) is 0 Å². The topological polar surface area (TPSA) is 120 Å². The number of fused-ring (bicyclic) bond motifs is 2. The van der Waals surface area contributed by atoms with Crippen molar-refractivity contribution < 1.29 is 4.74 Å². The minimum atomic E-state index is -0.374. The van der Waals surface area contributed by atoms with E-state index < -0.39 is 0 Å². The number of aromatic amines is 1. The predicted molar refractivity (Wildman–Crippen MR) is 114 cm³/mol. The fourth-order valence-corrected chi connectivity index (χ4v) is 3.66. The summed E-state index contributed by atoms with van der Waals surface area (Å²) < 4.78 is 8.00. The highest BCUT2D eigenvalue weighted by Crippen LogP contribution is 2.32. The summed E-state index contributed by atoms with van der Waals surface area (Å²) in [6.07, 6.45) is 4.85. The number of hydrogen-bond donors (Lipinski definition) is 2. The molecule has 9 heteroatoms. The number of nitrogens with two attached hydrogens (primary N) is 1. The van der Waals surface area contributed by atoms with Crippen LogP contribution in [0.4, 0.5) is 5.82 Å². The van der Waals surface area contributed by atoms with Crippen LogP contribution in [-0.2, 0) is 7.05 Å². The molecule has 0 aliphatic heterocycles. The van der Waals surface area contributed by atoms with Crippen LogP contribution >= 0.6 is 0 Å². The molecular weight excluding hydrogens is 380 g/mol. The first-order valence-corrected chi connectivity index (χ1v) is 9.52. The quantitative estimate of drug-likeness (QED) is 0.475. The molecular formula is C21H20N8O. The minimum Gasteiger partial charge on any atom is -0.484 e. The van der Waals surface area contributed by atoms with Gasteiger partial charge in [-0.3, -0.25) is 19.7 Å². The number of aryl methyl sites for hydroxylation is 2. The third kappa shape index (κ3) is 3.00. The lowest BCUT2D eigenvalue weighted by atomic mass is 10.1. The average Bonchev–Trinajstić information content (AvgIpc) is 3.28. The van der Waals surface area contributed by atoms with Gasteiger partial charge in [-0.25, -0.2) is 4.98 Å². The average molecular weight is 400 g/mol. The van der Waals surface area contributed by atoms with Gasteiger partial charge in [0.2, 0.25) is 0 Å². The van der Waals surface area contributed by atoms with Crippen molar-refractivity contribution >= 4 is 27.8 Å². The lowest BCUT2D eigenvalue weighted by Gasteiger charge is -2.16. The van der Waals surface area contributed by atoms with E-state index in [4.69, 9.17) is 10.5 Å². The van der Waals surface area contributed by atoms with Crippen LogP contribution in [0, 0.1) is 6.92 Å². The van der Waals surface area contributed by atoms with E-state index in [0.717, 1.165) is 27.9 Å². The summed E-state index contributed by atoms with van der Waals surface area (Å²) in [5.41, 5.74) is 11.6. The number of benzene rings is 1. The van der Waals surface area contributed by atoms with Crippen molar-refractivity contribution in [3.05, 3.63) is 54.2 Å². The maximum absolute atomic E-state index is 6.22. The lowest BCUT2D eigenvalue weighted by Crippen LogP contribution is -2.09. The molecule has 150 valence electrons. The monoisotopic (exact) mass is 400 g/mol. The Balaban J connectivity index is 1.53. The van der Waals surface area contributed by atoms with E-state index in [-0.39, 0.29) is 6.10 Å². The smallest absolute Gasteiger partial charge is 0.140 e. The van der Waals surface area contributed by atoms with Crippen LogP contribution in [0.15, 0.2) is 42.9 Å². The summed E-state index contributed by atoms with van der Waals surface area (Å²) in [6.45, 7) is 3.89. The number of nitrogens with one attached hydrogen (secondary N) is 1. The molecule has 4 heterocycles. The number of anilines is 1. The molecule has 0 saturated carbocycles. The molecule has 0 aliphatic rings. The highest BCUT2D eigenvalue weighted by atomic mass is 16.5. The normalized spacial score (nSPS) is 12.5. The lowest BCUT2D eigenvalue weighted by molar-refractivity contribution is 0.224. The summed E-state index contributed by atoms with van der Waals surface area (Å²) in [5, 5.41) is 12.9. The highest BCUT2D eigenvalue weighted by Gasteiger charge is 2.18. The van der Waals surface area contributed by atoms with Crippen molar-refractivity contribution in [3.63, 3.8) is 0 Å². The minimum absolute atomic E-state index is 0.374. The Labute approximate surface area is 171 Å². The van der Waals surface area contributed by atoms with Crippen LogP contribution in [-0.4, -0.2) is 34.9 Å². The zero-order valence-electron chi connectivity index (χ0n) is 16.8. The van der Waals surface area contributed by atoms with Gasteiger partial charge in [-0.15, -0.1) is 0 Å². The van der Waals surface area contributed by atoms with Crippen LogP contribution in [0.1, 0.15) is 24.4 Å². The Morgan fingerprint density at radius 3 is 2.80 bits per heavy atom. The molecule has 0 fully saturated rings. The second-order valence-electron chi connectivity index (χ2n) is 7.20. The van der Waals surface area contributed by atoms with E-state index in [1.807, 2.05) is 45.3 Å². The van der Waals surface area contributed by atoms with Gasteiger partial charge in [0.05, 0.1) is 16.7 Å². The zero-order chi connectivity index (χ0) is 20.8.